The molecular formula is C20H34O. The number of aryl methyl sites for hydroxylation is 1. The molecule has 21 heavy (non-hydrogen) atoms. The molecule has 0 saturated heterocycles. The van der Waals surface area contributed by atoms with Gasteiger partial charge in [-0.2, -0.15) is 0 Å². The highest BCUT2D eigenvalue weighted by Crippen LogP contribution is 2.41. The number of aromatic hydroxyl groups is 1. The zero-order chi connectivity index (χ0) is 16.6. The van der Waals surface area contributed by atoms with Gasteiger partial charge in [0, 0.05) is 0 Å². The third kappa shape index (κ3) is 4.76. The topological polar surface area (TPSA) is 20.2 Å². The zero-order valence-corrected chi connectivity index (χ0v) is 15.5. The summed E-state index contributed by atoms with van der Waals surface area (Å²) in [5.41, 5.74) is 3.71. The monoisotopic (exact) mass is 290 g/mol. The second-order valence-corrected chi connectivity index (χ2v) is 9.10. The van der Waals surface area contributed by atoms with Gasteiger partial charge >= 0.3 is 0 Å². The molecular weight excluding hydrogens is 256 g/mol. The molecule has 0 bridgehead atoms. The van der Waals surface area contributed by atoms with E-state index in [2.05, 4.69) is 67.5 Å². The Morgan fingerprint density at radius 2 is 1.52 bits per heavy atom. The van der Waals surface area contributed by atoms with Crippen molar-refractivity contribution in [2.75, 3.05) is 0 Å². The van der Waals surface area contributed by atoms with Gasteiger partial charge in [-0.05, 0) is 52.7 Å². The second kappa shape index (κ2) is 6.02. The molecule has 1 nitrogen and oxygen atoms in total. The molecule has 0 aliphatic heterocycles. The van der Waals surface area contributed by atoms with E-state index >= 15 is 0 Å². The highest BCUT2D eigenvalue weighted by atomic mass is 16.3. The maximum atomic E-state index is 10.4. The number of rotatable bonds is 3. The summed E-state index contributed by atoms with van der Waals surface area (Å²) in [6.07, 6.45) is 1.17. The Kier molecular flexibility index (Phi) is 5.18. The van der Waals surface area contributed by atoms with Crippen molar-refractivity contribution in [3.63, 3.8) is 0 Å². The van der Waals surface area contributed by atoms with E-state index in [0.717, 1.165) is 11.1 Å². The SMILES string of the molecule is Cc1cc(C(CC(C)(C)C)C(C)C)cc(C(C)(C)C)c1O. The molecule has 1 aromatic rings. The summed E-state index contributed by atoms with van der Waals surface area (Å²) in [6.45, 7) is 20.0. The lowest BCUT2D eigenvalue weighted by atomic mass is 9.74. The third-order valence-corrected chi connectivity index (χ3v) is 4.20. The van der Waals surface area contributed by atoms with Gasteiger partial charge in [0.15, 0.2) is 0 Å². The van der Waals surface area contributed by atoms with Gasteiger partial charge in [-0.3, -0.25) is 0 Å². The lowest BCUT2D eigenvalue weighted by molar-refractivity contribution is 0.300. The van der Waals surface area contributed by atoms with E-state index in [1.54, 1.807) is 0 Å². The molecule has 1 aromatic carbocycles. The van der Waals surface area contributed by atoms with E-state index in [4.69, 9.17) is 0 Å². The van der Waals surface area contributed by atoms with Crippen molar-refractivity contribution in [1.29, 1.82) is 0 Å². The summed E-state index contributed by atoms with van der Waals surface area (Å²) in [6, 6.07) is 4.42. The number of hydrogen-bond donors (Lipinski definition) is 1. The van der Waals surface area contributed by atoms with E-state index in [0.29, 0.717) is 23.0 Å². The molecule has 0 aliphatic carbocycles. The summed E-state index contributed by atoms with van der Waals surface area (Å²) < 4.78 is 0. The average molecular weight is 290 g/mol. The van der Waals surface area contributed by atoms with Crippen LogP contribution in [-0.4, -0.2) is 5.11 Å². The van der Waals surface area contributed by atoms with Gasteiger partial charge in [0.2, 0.25) is 0 Å². The maximum Gasteiger partial charge on any atom is 0.122 e. The van der Waals surface area contributed by atoms with Gasteiger partial charge in [0.1, 0.15) is 5.75 Å². The van der Waals surface area contributed by atoms with Crippen molar-refractivity contribution in [2.24, 2.45) is 11.3 Å². The molecule has 0 amide bonds. The van der Waals surface area contributed by atoms with Crippen molar-refractivity contribution >= 4 is 0 Å². The lowest BCUT2D eigenvalue weighted by Gasteiger charge is -2.31. The standard InChI is InChI=1S/C20H34O/c1-13(2)16(12-19(4,5)6)15-10-14(3)18(21)17(11-15)20(7,8)9/h10-11,13,16,21H,12H2,1-9H3. The summed E-state index contributed by atoms with van der Waals surface area (Å²) >= 11 is 0. The van der Waals surface area contributed by atoms with Crippen LogP contribution in [-0.2, 0) is 5.41 Å². The van der Waals surface area contributed by atoms with E-state index < -0.39 is 0 Å². The molecule has 0 aromatic heterocycles. The van der Waals surface area contributed by atoms with Gasteiger partial charge in [0.25, 0.3) is 0 Å². The van der Waals surface area contributed by atoms with Gasteiger partial charge in [0.05, 0.1) is 0 Å². The first kappa shape index (κ1) is 18.1. The van der Waals surface area contributed by atoms with Crippen LogP contribution in [0.2, 0.25) is 0 Å². The van der Waals surface area contributed by atoms with Crippen molar-refractivity contribution in [3.05, 3.63) is 28.8 Å². The van der Waals surface area contributed by atoms with Crippen molar-refractivity contribution < 1.29 is 5.11 Å². The first-order valence-corrected chi connectivity index (χ1v) is 8.17. The predicted octanol–water partition coefficient (Wildman–Crippen LogP) is 6.17. The summed E-state index contributed by atoms with van der Waals surface area (Å²) in [7, 11) is 0. The van der Waals surface area contributed by atoms with Crippen LogP contribution in [0.15, 0.2) is 12.1 Å². The Labute approximate surface area is 131 Å². The number of phenols is 1. The van der Waals surface area contributed by atoms with Crippen molar-refractivity contribution in [1.82, 2.24) is 0 Å². The molecule has 0 heterocycles. The fourth-order valence-corrected chi connectivity index (χ4v) is 2.99. The molecule has 0 radical (unpaired) electrons. The van der Waals surface area contributed by atoms with Gasteiger partial charge in [-0.1, -0.05) is 67.5 Å². The molecule has 120 valence electrons. The fourth-order valence-electron chi connectivity index (χ4n) is 2.99. The van der Waals surface area contributed by atoms with Crippen LogP contribution in [0.1, 0.15) is 84.4 Å². The van der Waals surface area contributed by atoms with Crippen LogP contribution >= 0.6 is 0 Å². The Bertz CT molecular complexity index is 484. The van der Waals surface area contributed by atoms with Crippen LogP contribution in [0.4, 0.5) is 0 Å². The number of phenolic OH excluding ortho intramolecular Hbond substituents is 1. The summed E-state index contributed by atoms with van der Waals surface area (Å²) in [5.74, 6) is 1.59. The quantitative estimate of drug-likeness (QED) is 0.705. The fraction of sp³-hybridized carbons (Fsp3) is 0.700. The summed E-state index contributed by atoms with van der Waals surface area (Å²) in [4.78, 5) is 0. The molecule has 0 aliphatic rings. The number of benzene rings is 1. The Morgan fingerprint density at radius 1 is 1.00 bits per heavy atom. The third-order valence-electron chi connectivity index (χ3n) is 4.20. The average Bonchev–Trinajstić information content (AvgIpc) is 2.26. The van der Waals surface area contributed by atoms with Gasteiger partial charge in [-0.25, -0.2) is 0 Å². The first-order chi connectivity index (χ1) is 9.33. The highest BCUT2D eigenvalue weighted by Gasteiger charge is 2.26. The smallest absolute Gasteiger partial charge is 0.122 e. The van der Waals surface area contributed by atoms with Crippen LogP contribution in [0.3, 0.4) is 0 Å². The Balaban J connectivity index is 3.37. The molecule has 1 N–H and O–H groups in total. The second-order valence-electron chi connectivity index (χ2n) is 9.10. The lowest BCUT2D eigenvalue weighted by Crippen LogP contribution is -2.18. The highest BCUT2D eigenvalue weighted by molar-refractivity contribution is 5.47. The van der Waals surface area contributed by atoms with Gasteiger partial charge < -0.3 is 5.11 Å². The van der Waals surface area contributed by atoms with E-state index in [1.807, 2.05) is 6.92 Å². The minimum Gasteiger partial charge on any atom is -0.507 e. The summed E-state index contributed by atoms with van der Waals surface area (Å²) in [5, 5.41) is 10.4. The minimum absolute atomic E-state index is 0.0336. The molecule has 0 spiro atoms. The molecule has 1 atom stereocenters. The molecule has 1 rings (SSSR count). The minimum atomic E-state index is -0.0336. The Morgan fingerprint density at radius 3 is 1.90 bits per heavy atom. The molecule has 0 saturated carbocycles. The van der Waals surface area contributed by atoms with E-state index in [9.17, 15) is 5.11 Å². The van der Waals surface area contributed by atoms with Crippen LogP contribution in [0, 0.1) is 18.3 Å². The van der Waals surface area contributed by atoms with Gasteiger partial charge in [-0.15, -0.1) is 0 Å². The van der Waals surface area contributed by atoms with Crippen molar-refractivity contribution in [3.8, 4) is 5.75 Å². The molecule has 1 unspecified atom stereocenters. The normalized spacial score (nSPS) is 14.6. The van der Waals surface area contributed by atoms with Crippen LogP contribution in [0.5, 0.6) is 5.75 Å². The first-order valence-electron chi connectivity index (χ1n) is 8.17. The van der Waals surface area contributed by atoms with E-state index in [1.165, 1.54) is 12.0 Å². The maximum absolute atomic E-state index is 10.4. The zero-order valence-electron chi connectivity index (χ0n) is 15.5. The predicted molar refractivity (Wildman–Crippen MR) is 93.2 cm³/mol. The number of hydrogen-bond acceptors (Lipinski definition) is 1. The molecule has 0 fully saturated rings. The largest absolute Gasteiger partial charge is 0.507 e. The Hall–Kier alpha value is -0.980. The van der Waals surface area contributed by atoms with E-state index in [-0.39, 0.29) is 5.41 Å². The van der Waals surface area contributed by atoms with Crippen molar-refractivity contribution in [2.45, 2.75) is 80.1 Å². The van der Waals surface area contributed by atoms with Crippen LogP contribution in [0.25, 0.3) is 0 Å². The molecule has 1 heteroatoms. The van der Waals surface area contributed by atoms with Crippen LogP contribution < -0.4 is 0 Å².